The fourth-order valence-electron chi connectivity index (χ4n) is 2.42. The summed E-state index contributed by atoms with van der Waals surface area (Å²) < 4.78 is 0.0125. The Morgan fingerprint density at radius 3 is 2.75 bits per heavy atom. The summed E-state index contributed by atoms with van der Waals surface area (Å²) in [6, 6.07) is 6.22. The van der Waals surface area contributed by atoms with E-state index in [9.17, 15) is 5.11 Å². The van der Waals surface area contributed by atoms with Crippen LogP contribution < -0.4 is 0 Å². The topological polar surface area (TPSA) is 20.2 Å². The van der Waals surface area contributed by atoms with Crippen molar-refractivity contribution in [2.45, 2.75) is 44.5 Å². The first-order valence-electron chi connectivity index (χ1n) is 5.93. The molecule has 0 bridgehead atoms. The van der Waals surface area contributed by atoms with E-state index in [0.29, 0.717) is 0 Å². The molecule has 2 heteroatoms. The van der Waals surface area contributed by atoms with Gasteiger partial charge in [0.1, 0.15) is 0 Å². The minimum Gasteiger partial charge on any atom is -0.387 e. The molecule has 0 amide bonds. The van der Waals surface area contributed by atoms with Gasteiger partial charge in [0.2, 0.25) is 0 Å². The van der Waals surface area contributed by atoms with Gasteiger partial charge in [-0.05, 0) is 56.1 Å². The summed E-state index contributed by atoms with van der Waals surface area (Å²) in [6.07, 6.45) is 2.01. The molecule has 2 unspecified atom stereocenters. The fourth-order valence-corrected chi connectivity index (χ4v) is 3.74. The molecule has 88 valence electrons. The molecule has 16 heavy (non-hydrogen) atoms. The Morgan fingerprint density at radius 2 is 2.12 bits per heavy atom. The van der Waals surface area contributed by atoms with Crippen molar-refractivity contribution in [3.05, 3.63) is 34.9 Å². The van der Waals surface area contributed by atoms with E-state index in [0.717, 1.165) is 12.0 Å². The molecule has 1 saturated heterocycles. The summed E-state index contributed by atoms with van der Waals surface area (Å²) in [5, 5.41) is 10.6. The van der Waals surface area contributed by atoms with Crippen LogP contribution in [-0.4, -0.2) is 15.6 Å². The zero-order valence-electron chi connectivity index (χ0n) is 10.3. The molecule has 0 aromatic heterocycles. The first kappa shape index (κ1) is 12.0. The maximum absolute atomic E-state index is 10.6. The number of aliphatic hydroxyl groups excluding tert-OH is 1. The lowest BCUT2D eigenvalue weighted by molar-refractivity contribution is 0.134. The first-order valence-corrected chi connectivity index (χ1v) is 6.91. The summed E-state index contributed by atoms with van der Waals surface area (Å²) >= 11 is 1.91. The molecule has 1 aromatic rings. The van der Waals surface area contributed by atoms with E-state index in [1.165, 1.54) is 23.3 Å². The van der Waals surface area contributed by atoms with Gasteiger partial charge < -0.3 is 5.11 Å². The maximum Gasteiger partial charge on any atom is 0.0936 e. The van der Waals surface area contributed by atoms with Crippen LogP contribution in [0, 0.1) is 13.8 Å². The molecule has 0 radical (unpaired) electrons. The second-order valence-electron chi connectivity index (χ2n) is 4.96. The molecule has 1 aliphatic rings. The van der Waals surface area contributed by atoms with Crippen molar-refractivity contribution in [3.8, 4) is 0 Å². The normalized spacial score (nSPS) is 27.0. The Labute approximate surface area is 102 Å². The first-order chi connectivity index (χ1) is 7.54. The molecule has 1 aliphatic heterocycles. The predicted molar refractivity (Wildman–Crippen MR) is 71.0 cm³/mol. The van der Waals surface area contributed by atoms with Gasteiger partial charge in [0.25, 0.3) is 0 Å². The molecule has 0 saturated carbocycles. The highest BCUT2D eigenvalue weighted by Gasteiger charge is 2.38. The van der Waals surface area contributed by atoms with Crippen molar-refractivity contribution in [3.63, 3.8) is 0 Å². The van der Waals surface area contributed by atoms with Crippen molar-refractivity contribution < 1.29 is 5.11 Å². The third-order valence-corrected chi connectivity index (χ3v) is 5.35. The minimum atomic E-state index is -0.333. The summed E-state index contributed by atoms with van der Waals surface area (Å²) in [4.78, 5) is 0. The van der Waals surface area contributed by atoms with Gasteiger partial charge in [0, 0.05) is 4.75 Å². The second-order valence-corrected chi connectivity index (χ2v) is 6.59. The predicted octanol–water partition coefficient (Wildman–Crippen LogP) is 3.62. The van der Waals surface area contributed by atoms with Gasteiger partial charge in [-0.3, -0.25) is 0 Å². The number of hydrogen-bond donors (Lipinski definition) is 1. The van der Waals surface area contributed by atoms with Crippen molar-refractivity contribution in [2.24, 2.45) is 0 Å². The van der Waals surface area contributed by atoms with Gasteiger partial charge >= 0.3 is 0 Å². The van der Waals surface area contributed by atoms with Crippen LogP contribution in [-0.2, 0) is 0 Å². The highest BCUT2D eigenvalue weighted by Crippen LogP contribution is 2.47. The molecule has 1 N–H and O–H groups in total. The number of rotatable bonds is 2. The Balaban J connectivity index is 2.33. The van der Waals surface area contributed by atoms with Crippen LogP contribution in [0.1, 0.15) is 42.6 Å². The molecule has 1 aromatic carbocycles. The summed E-state index contributed by atoms with van der Waals surface area (Å²) in [5.41, 5.74) is 3.61. The van der Waals surface area contributed by atoms with Crippen molar-refractivity contribution in [1.82, 2.24) is 0 Å². The molecule has 1 heterocycles. The van der Waals surface area contributed by atoms with Gasteiger partial charge in [0.05, 0.1) is 6.10 Å². The quantitative estimate of drug-likeness (QED) is 0.846. The van der Waals surface area contributed by atoms with Crippen LogP contribution >= 0.6 is 11.8 Å². The minimum absolute atomic E-state index is 0.0125. The average Bonchev–Trinajstić information content (AvgIpc) is 2.70. The number of aliphatic hydroxyl groups is 1. The molecular weight excluding hydrogens is 216 g/mol. The van der Waals surface area contributed by atoms with Gasteiger partial charge in [-0.25, -0.2) is 0 Å². The second kappa shape index (κ2) is 4.42. The fraction of sp³-hybridized carbons (Fsp3) is 0.571. The number of hydrogen-bond acceptors (Lipinski definition) is 2. The Kier molecular flexibility index (Phi) is 3.32. The summed E-state index contributed by atoms with van der Waals surface area (Å²) in [5.74, 6) is 1.18. The zero-order chi connectivity index (χ0) is 11.8. The SMILES string of the molecule is Cc1cccc(C(O)C2(C)CCCS2)c1C. The Hall–Kier alpha value is -0.470. The van der Waals surface area contributed by atoms with Crippen molar-refractivity contribution >= 4 is 11.8 Å². The third kappa shape index (κ3) is 2.01. The number of thioether (sulfide) groups is 1. The molecule has 0 spiro atoms. The number of benzene rings is 1. The van der Waals surface area contributed by atoms with Gasteiger partial charge in [-0.2, -0.15) is 11.8 Å². The molecule has 1 fully saturated rings. The molecule has 2 rings (SSSR count). The lowest BCUT2D eigenvalue weighted by Gasteiger charge is -2.30. The van der Waals surface area contributed by atoms with E-state index in [-0.39, 0.29) is 10.9 Å². The van der Waals surface area contributed by atoms with E-state index in [4.69, 9.17) is 0 Å². The lowest BCUT2D eigenvalue weighted by atomic mass is 9.89. The highest BCUT2D eigenvalue weighted by molar-refractivity contribution is 8.00. The average molecular weight is 236 g/mol. The van der Waals surface area contributed by atoms with Crippen LogP contribution in [0.5, 0.6) is 0 Å². The molecular formula is C14H20OS. The van der Waals surface area contributed by atoms with Crippen LogP contribution in [0.4, 0.5) is 0 Å². The Morgan fingerprint density at radius 1 is 1.38 bits per heavy atom. The smallest absolute Gasteiger partial charge is 0.0936 e. The maximum atomic E-state index is 10.6. The van der Waals surface area contributed by atoms with Crippen LogP contribution in [0.3, 0.4) is 0 Å². The monoisotopic (exact) mass is 236 g/mol. The summed E-state index contributed by atoms with van der Waals surface area (Å²) in [7, 11) is 0. The third-order valence-electron chi connectivity index (χ3n) is 3.77. The molecule has 1 nitrogen and oxygen atoms in total. The Bertz CT molecular complexity index is 380. The summed E-state index contributed by atoms with van der Waals surface area (Å²) in [6.45, 7) is 6.41. The van der Waals surface area contributed by atoms with Crippen LogP contribution in [0.15, 0.2) is 18.2 Å². The standard InChI is InChI=1S/C14H20OS/c1-10-6-4-7-12(11(10)2)13(15)14(3)8-5-9-16-14/h4,6-7,13,15H,5,8-9H2,1-3H3. The largest absolute Gasteiger partial charge is 0.387 e. The van der Waals surface area contributed by atoms with E-state index in [1.54, 1.807) is 0 Å². The molecule has 2 atom stereocenters. The van der Waals surface area contributed by atoms with E-state index in [2.05, 4.69) is 32.9 Å². The van der Waals surface area contributed by atoms with Crippen molar-refractivity contribution in [1.29, 1.82) is 0 Å². The lowest BCUT2D eigenvalue weighted by Crippen LogP contribution is -2.26. The van der Waals surface area contributed by atoms with E-state index >= 15 is 0 Å². The van der Waals surface area contributed by atoms with E-state index < -0.39 is 0 Å². The van der Waals surface area contributed by atoms with Gasteiger partial charge in [-0.15, -0.1) is 0 Å². The highest BCUT2D eigenvalue weighted by atomic mass is 32.2. The zero-order valence-corrected chi connectivity index (χ0v) is 11.1. The van der Waals surface area contributed by atoms with Gasteiger partial charge in [-0.1, -0.05) is 18.2 Å². The van der Waals surface area contributed by atoms with Gasteiger partial charge in [0.15, 0.2) is 0 Å². The van der Waals surface area contributed by atoms with Crippen molar-refractivity contribution in [2.75, 3.05) is 5.75 Å². The number of aryl methyl sites for hydroxylation is 1. The van der Waals surface area contributed by atoms with E-state index in [1.807, 2.05) is 17.8 Å². The van der Waals surface area contributed by atoms with Crippen LogP contribution in [0.2, 0.25) is 0 Å². The van der Waals surface area contributed by atoms with Crippen LogP contribution in [0.25, 0.3) is 0 Å². The molecule has 0 aliphatic carbocycles.